The third-order valence-corrected chi connectivity index (χ3v) is 0. The minimum atomic E-state index is -5.39. The van der Waals surface area contributed by atoms with Gasteiger partial charge in [0.25, 0.3) is 0 Å². The van der Waals surface area contributed by atoms with Gasteiger partial charge < -0.3 is 19.2 Å². The normalized spacial score (nSPS) is 9.83. The van der Waals surface area contributed by atoms with Crippen molar-refractivity contribution in [1.82, 2.24) is 0 Å². The summed E-state index contributed by atoms with van der Waals surface area (Å²) in [6.45, 7) is 0. The van der Waals surface area contributed by atoms with Crippen LogP contribution < -0.4 is 14.7 Å². The third kappa shape index (κ3) is 55.2. The fourth-order valence-electron chi connectivity index (χ4n) is 0. The van der Waals surface area contributed by atoms with E-state index in [1.807, 2.05) is 0 Å². The van der Waals surface area contributed by atoms with E-state index >= 15 is 0 Å². The second kappa shape index (κ2) is 3.37. The van der Waals surface area contributed by atoms with Crippen LogP contribution in [0.15, 0.2) is 0 Å². The van der Waals surface area contributed by atoms with E-state index < -0.39 is 7.82 Å². The van der Waals surface area contributed by atoms with Gasteiger partial charge in [0.1, 0.15) is 0 Å². The van der Waals surface area contributed by atoms with Crippen molar-refractivity contribution < 1.29 is 56.6 Å². The molecule has 44 valence electrons. The fourth-order valence-corrected chi connectivity index (χ4v) is 0. The zero-order chi connectivity index (χ0) is 4.50. The molecular weight excluding hydrogens is 262 g/mol. The Labute approximate surface area is 64.0 Å². The molecule has 6 heavy (non-hydrogen) atoms. The van der Waals surface area contributed by atoms with Gasteiger partial charge in [-0.3, -0.25) is 0 Å². The van der Waals surface area contributed by atoms with Crippen molar-refractivity contribution in [3.05, 3.63) is 0 Å². The maximum absolute atomic E-state index is 8.55. The number of hydrogen-bond donors (Lipinski definition) is 0. The van der Waals surface area contributed by atoms with Crippen LogP contribution in [0.1, 0.15) is 0 Å². The summed E-state index contributed by atoms with van der Waals surface area (Å²) in [6.07, 6.45) is 0. The Kier molecular flexibility index (Phi) is 5.82. The van der Waals surface area contributed by atoms with E-state index in [4.69, 9.17) is 19.2 Å². The Hall–Kier alpha value is 1.36. The zero-order valence-electron chi connectivity index (χ0n) is 2.37. The van der Waals surface area contributed by atoms with Gasteiger partial charge in [-0.1, -0.05) is 0 Å². The van der Waals surface area contributed by atoms with Crippen LogP contribution in [-0.4, -0.2) is 0 Å². The summed E-state index contributed by atoms with van der Waals surface area (Å²) in [5.74, 6) is 0. The first kappa shape index (κ1) is 10.4. The molecule has 0 aromatic carbocycles. The van der Waals surface area contributed by atoms with E-state index in [9.17, 15) is 0 Å². The number of phosphoric acid groups is 1. The monoisotopic (exact) mass is 261 g/mol. The van der Waals surface area contributed by atoms with Crippen LogP contribution in [0.5, 0.6) is 0 Å². The summed E-state index contributed by atoms with van der Waals surface area (Å²) in [7, 11) is -5.39. The third-order valence-electron chi connectivity index (χ3n) is 0. The predicted octanol–water partition coefficient (Wildman–Crippen LogP) is -2.82. The molecule has 0 aromatic heterocycles. The molecule has 6 heteroatoms. The molecule has 0 aromatic rings. The topological polar surface area (TPSA) is 86.2 Å². The molecule has 0 atom stereocenters. The van der Waals surface area contributed by atoms with Gasteiger partial charge >= 0.3 is 0 Å². The second-order valence-electron chi connectivity index (χ2n) is 0.447. The quantitative estimate of drug-likeness (QED) is 0.440. The summed E-state index contributed by atoms with van der Waals surface area (Å²) in [6, 6.07) is 0. The molecule has 0 N–H and O–H groups in total. The SMILES string of the molecule is O=P([O-])([O-])[O-].[Er]. The van der Waals surface area contributed by atoms with E-state index in [2.05, 4.69) is 0 Å². The van der Waals surface area contributed by atoms with Gasteiger partial charge in [-0.05, 0) is 0 Å². The van der Waals surface area contributed by atoms with Gasteiger partial charge in [-0.2, -0.15) is 7.82 Å². The van der Waals surface area contributed by atoms with E-state index in [0.29, 0.717) is 0 Å². The minimum absolute atomic E-state index is 0. The first-order chi connectivity index (χ1) is 2.00. The summed E-state index contributed by atoms with van der Waals surface area (Å²) in [5.41, 5.74) is 0. The van der Waals surface area contributed by atoms with Gasteiger partial charge in [0.2, 0.25) is 0 Å². The van der Waals surface area contributed by atoms with Crippen LogP contribution in [0.3, 0.4) is 0 Å². The van der Waals surface area contributed by atoms with Crippen LogP contribution in [-0.2, 0) is 4.57 Å². The molecule has 0 unspecified atom stereocenters. The average Bonchev–Trinajstić information content (AvgIpc) is 0.722. The maximum Gasteiger partial charge on any atom is 0 e. The number of hydrogen-bond acceptors (Lipinski definition) is 4. The molecular formula is ErO4P-3. The zero-order valence-corrected chi connectivity index (χ0v) is 5.12. The maximum atomic E-state index is 8.55. The van der Waals surface area contributed by atoms with Crippen LogP contribution in [0.4, 0.5) is 0 Å². The van der Waals surface area contributed by atoms with Crippen molar-refractivity contribution in [2.75, 3.05) is 0 Å². The summed E-state index contributed by atoms with van der Waals surface area (Å²) < 4.78 is 8.55. The van der Waals surface area contributed by atoms with Gasteiger partial charge in [-0.25, -0.2) is 0 Å². The van der Waals surface area contributed by atoms with E-state index in [0.717, 1.165) is 0 Å². The van der Waals surface area contributed by atoms with Crippen LogP contribution in [0.2, 0.25) is 0 Å². The smallest absolute Gasteiger partial charge is 0 e. The molecule has 0 saturated carbocycles. The Bertz CT molecular complexity index is 53.7. The molecule has 0 bridgehead atoms. The fraction of sp³-hybridized carbons (Fsp3) is 0. The van der Waals surface area contributed by atoms with Crippen LogP contribution >= 0.6 is 7.82 Å². The first-order valence-electron chi connectivity index (χ1n) is 0.730. The molecule has 0 aliphatic heterocycles. The standard InChI is InChI=1S/Er.H3O4P/c;1-5(2,3)4/h;(H3,1,2,3,4)/p-3. The molecule has 0 heterocycles. The average molecular weight is 262 g/mol. The predicted molar refractivity (Wildman–Crippen MR) is 7.61 cm³/mol. The van der Waals surface area contributed by atoms with Crippen molar-refractivity contribution in [2.45, 2.75) is 0 Å². The summed E-state index contributed by atoms with van der Waals surface area (Å²) in [5, 5.41) is 0. The van der Waals surface area contributed by atoms with Gasteiger partial charge in [0.15, 0.2) is 0 Å². The Morgan fingerprint density at radius 1 is 1.17 bits per heavy atom. The van der Waals surface area contributed by atoms with Crippen LogP contribution in [0, 0.1) is 37.3 Å². The molecule has 0 aliphatic rings. The Morgan fingerprint density at radius 2 is 1.17 bits per heavy atom. The van der Waals surface area contributed by atoms with Crippen molar-refractivity contribution >= 4 is 7.82 Å². The molecule has 0 rings (SSSR count). The largest absolute Gasteiger partial charge is 0.822 e. The van der Waals surface area contributed by atoms with Crippen molar-refractivity contribution in [2.24, 2.45) is 0 Å². The van der Waals surface area contributed by atoms with E-state index in [-0.39, 0.29) is 37.3 Å². The molecule has 0 fully saturated rings. The van der Waals surface area contributed by atoms with Crippen molar-refractivity contribution in [3.63, 3.8) is 0 Å². The van der Waals surface area contributed by atoms with E-state index in [1.54, 1.807) is 0 Å². The molecule has 0 spiro atoms. The van der Waals surface area contributed by atoms with Gasteiger partial charge in [0, 0.05) is 37.3 Å². The van der Waals surface area contributed by atoms with Gasteiger partial charge in [-0.15, -0.1) is 0 Å². The molecule has 4 nitrogen and oxygen atoms in total. The molecule has 0 radical (unpaired) electrons. The number of rotatable bonds is 0. The molecule has 0 amide bonds. The summed E-state index contributed by atoms with van der Waals surface area (Å²) in [4.78, 5) is 25.6. The molecule has 0 saturated heterocycles. The van der Waals surface area contributed by atoms with Crippen LogP contribution in [0.25, 0.3) is 0 Å². The second-order valence-corrected chi connectivity index (χ2v) is 1.34. The Balaban J connectivity index is 0. The van der Waals surface area contributed by atoms with Gasteiger partial charge in [0.05, 0.1) is 0 Å². The minimum Gasteiger partial charge on any atom is -0.822 e. The van der Waals surface area contributed by atoms with Crippen molar-refractivity contribution in [3.8, 4) is 0 Å². The Morgan fingerprint density at radius 3 is 1.17 bits per heavy atom. The van der Waals surface area contributed by atoms with Crippen molar-refractivity contribution in [1.29, 1.82) is 0 Å². The first-order valence-corrected chi connectivity index (χ1v) is 2.19. The van der Waals surface area contributed by atoms with E-state index in [1.165, 1.54) is 0 Å². The molecule has 0 aliphatic carbocycles. The summed E-state index contributed by atoms with van der Waals surface area (Å²) >= 11 is 0.